The van der Waals surface area contributed by atoms with Crippen LogP contribution in [0.2, 0.25) is 5.02 Å². The summed E-state index contributed by atoms with van der Waals surface area (Å²) in [5, 5.41) is 0.692. The molecule has 5 heterocycles. The van der Waals surface area contributed by atoms with Crippen molar-refractivity contribution in [3.05, 3.63) is 102 Å². The maximum atomic E-state index is 15.1. The van der Waals surface area contributed by atoms with Gasteiger partial charge < -0.3 is 24.0 Å². The summed E-state index contributed by atoms with van der Waals surface area (Å²) in [7, 11) is -2.05. The Morgan fingerprint density at radius 3 is 2.39 bits per heavy atom. The van der Waals surface area contributed by atoms with Crippen molar-refractivity contribution in [2.45, 2.75) is 10.5 Å². The highest BCUT2D eigenvalue weighted by atomic mass is 35.5. The molecule has 49 heavy (non-hydrogen) atoms. The second kappa shape index (κ2) is 12.5. The third-order valence-electron chi connectivity index (χ3n) is 8.45. The largest absolute Gasteiger partial charge is 0.481 e. The number of fused-ring (bicyclic) bond motifs is 2. The van der Waals surface area contributed by atoms with Gasteiger partial charge in [-0.3, -0.25) is 14.8 Å². The highest BCUT2D eigenvalue weighted by Gasteiger charge is 2.61. The number of carbonyl (C=O) groups is 2. The van der Waals surface area contributed by atoms with Gasteiger partial charge in [-0.15, -0.1) is 0 Å². The number of pyridine rings is 2. The van der Waals surface area contributed by atoms with Crippen molar-refractivity contribution >= 4 is 55.9 Å². The predicted molar refractivity (Wildman–Crippen MR) is 178 cm³/mol. The molecule has 5 aromatic rings. The molecule has 2 aromatic carbocycles. The van der Waals surface area contributed by atoms with Crippen molar-refractivity contribution in [2.75, 3.05) is 49.6 Å². The van der Waals surface area contributed by atoms with Gasteiger partial charge in [0.05, 0.1) is 31.0 Å². The number of methoxy groups -OCH3 is 2. The average Bonchev–Trinajstić information content (AvgIpc) is 3.38. The molecule has 250 valence electrons. The first kappa shape index (κ1) is 32.0. The van der Waals surface area contributed by atoms with E-state index in [0.29, 0.717) is 22.8 Å². The van der Waals surface area contributed by atoms with Crippen LogP contribution in [-0.4, -0.2) is 85.7 Å². The number of halogens is 1. The van der Waals surface area contributed by atoms with Crippen molar-refractivity contribution < 1.29 is 32.2 Å². The molecule has 7 rings (SSSR count). The predicted octanol–water partition coefficient (Wildman–Crippen LogP) is 4.03. The topological polar surface area (TPSA) is 157 Å². The van der Waals surface area contributed by atoms with Crippen LogP contribution in [-0.2, 0) is 25.2 Å². The Kier molecular flexibility index (Phi) is 8.16. The molecule has 0 bridgehead atoms. The molecule has 1 fully saturated rings. The van der Waals surface area contributed by atoms with Crippen molar-refractivity contribution in [3.63, 3.8) is 0 Å². The minimum Gasteiger partial charge on any atom is -0.481 e. The van der Waals surface area contributed by atoms with Crippen LogP contribution < -0.4 is 18.7 Å². The first-order valence-corrected chi connectivity index (χ1v) is 16.8. The fourth-order valence-corrected chi connectivity index (χ4v) is 7.91. The number of hydrogen-bond acceptors (Lipinski definition) is 12. The fraction of sp³-hybridized carbons (Fsp3) is 0.212. The zero-order chi connectivity index (χ0) is 34.3. The normalized spacial score (nSPS) is 17.6. The molecule has 0 aliphatic carbocycles. The summed E-state index contributed by atoms with van der Waals surface area (Å²) in [5.74, 6) is -1.32. The monoisotopic (exact) mass is 701 g/mol. The molecule has 2 aliphatic rings. The lowest BCUT2D eigenvalue weighted by molar-refractivity contribution is -0.132. The van der Waals surface area contributed by atoms with Gasteiger partial charge in [-0.2, -0.15) is 9.29 Å². The molecule has 0 N–H and O–H groups in total. The first-order valence-electron chi connectivity index (χ1n) is 15.0. The van der Waals surface area contributed by atoms with E-state index in [2.05, 4.69) is 24.8 Å². The Hall–Kier alpha value is -5.54. The van der Waals surface area contributed by atoms with E-state index in [1.165, 1.54) is 55.8 Å². The van der Waals surface area contributed by atoms with E-state index in [9.17, 15) is 13.2 Å². The van der Waals surface area contributed by atoms with Crippen LogP contribution in [0, 0.1) is 0 Å². The van der Waals surface area contributed by atoms with Crippen molar-refractivity contribution in [1.29, 1.82) is 0 Å². The van der Waals surface area contributed by atoms with Crippen LogP contribution in [0.1, 0.15) is 11.1 Å². The molecule has 0 radical (unpaired) electrons. The molecular weight excluding hydrogens is 674 g/mol. The molecule has 0 spiro atoms. The van der Waals surface area contributed by atoms with Crippen LogP contribution in [0.3, 0.4) is 0 Å². The van der Waals surface area contributed by atoms with Gasteiger partial charge in [0.15, 0.2) is 0 Å². The number of nitrogens with zero attached hydrogens (tertiary/aromatic N) is 7. The van der Waals surface area contributed by atoms with E-state index < -0.39 is 27.6 Å². The van der Waals surface area contributed by atoms with Crippen LogP contribution >= 0.6 is 11.6 Å². The lowest BCUT2D eigenvalue weighted by Gasteiger charge is -2.37. The van der Waals surface area contributed by atoms with E-state index in [-0.39, 0.29) is 57.2 Å². The van der Waals surface area contributed by atoms with Crippen LogP contribution in [0.4, 0.5) is 16.2 Å². The number of hydrogen-bond donors (Lipinski definition) is 0. The maximum Gasteiger partial charge on any atom is 0.411 e. The Labute approximate surface area is 285 Å². The van der Waals surface area contributed by atoms with Crippen molar-refractivity contribution in [3.8, 4) is 11.9 Å². The quantitative estimate of drug-likeness (QED) is 0.240. The molecule has 1 unspecified atom stereocenters. The third kappa shape index (κ3) is 5.31. The molecule has 2 aliphatic heterocycles. The molecular formula is C33H28ClN7O7S. The lowest BCUT2D eigenvalue weighted by Crippen LogP contribution is -2.53. The first-order chi connectivity index (χ1) is 23.7. The highest BCUT2D eigenvalue weighted by molar-refractivity contribution is 7.93. The van der Waals surface area contributed by atoms with Crippen molar-refractivity contribution in [2.24, 2.45) is 0 Å². The molecule has 2 amide bonds. The van der Waals surface area contributed by atoms with Crippen LogP contribution in [0.5, 0.6) is 11.9 Å². The highest BCUT2D eigenvalue weighted by Crippen LogP contribution is 2.52. The number of benzene rings is 2. The summed E-state index contributed by atoms with van der Waals surface area (Å²) in [6, 6.07) is 15.9. The number of sulfonamides is 1. The van der Waals surface area contributed by atoms with E-state index >= 15 is 4.79 Å². The molecule has 1 atom stereocenters. The number of carbonyl (C=O) groups excluding carboxylic acids is 2. The number of amides is 2. The Balaban J connectivity index is 1.37. The summed E-state index contributed by atoms with van der Waals surface area (Å²) in [6.45, 7) is 1.42. The minimum atomic E-state index is -4.70. The van der Waals surface area contributed by atoms with Gasteiger partial charge in [-0.05, 0) is 42.5 Å². The average molecular weight is 702 g/mol. The zero-order valence-corrected chi connectivity index (χ0v) is 27.8. The van der Waals surface area contributed by atoms with Crippen LogP contribution in [0.25, 0.3) is 10.9 Å². The number of anilines is 2. The van der Waals surface area contributed by atoms with Gasteiger partial charge in [0, 0.05) is 72.6 Å². The number of aromatic nitrogens is 4. The molecule has 1 saturated heterocycles. The second-order valence-corrected chi connectivity index (χ2v) is 13.3. The number of piperazine rings is 1. The third-order valence-corrected chi connectivity index (χ3v) is 10.4. The van der Waals surface area contributed by atoms with Gasteiger partial charge in [0.1, 0.15) is 4.90 Å². The smallest absolute Gasteiger partial charge is 0.411 e. The number of ether oxygens (including phenoxy) is 3. The van der Waals surface area contributed by atoms with E-state index in [0.717, 1.165) is 5.69 Å². The van der Waals surface area contributed by atoms with Gasteiger partial charge >= 0.3 is 12.1 Å². The van der Waals surface area contributed by atoms with E-state index in [1.54, 1.807) is 36.7 Å². The summed E-state index contributed by atoms with van der Waals surface area (Å²) in [5.41, 5.74) is -1.62. The Morgan fingerprint density at radius 1 is 0.898 bits per heavy atom. The van der Waals surface area contributed by atoms with Crippen molar-refractivity contribution in [1.82, 2.24) is 24.8 Å². The fourth-order valence-electron chi connectivity index (χ4n) is 6.11. The zero-order valence-electron chi connectivity index (χ0n) is 26.2. The molecule has 3 aromatic heterocycles. The van der Waals surface area contributed by atoms with Gasteiger partial charge in [0.25, 0.3) is 21.5 Å². The Bertz CT molecular complexity index is 2200. The lowest BCUT2D eigenvalue weighted by atomic mass is 9.88. The van der Waals surface area contributed by atoms with Crippen LogP contribution in [0.15, 0.2) is 90.3 Å². The van der Waals surface area contributed by atoms with E-state index in [1.807, 2.05) is 12.1 Å². The van der Waals surface area contributed by atoms with Gasteiger partial charge in [-0.25, -0.2) is 18.2 Å². The van der Waals surface area contributed by atoms with Gasteiger partial charge in [0.2, 0.25) is 5.88 Å². The summed E-state index contributed by atoms with van der Waals surface area (Å²) in [4.78, 5) is 49.3. The molecule has 14 nitrogen and oxygen atoms in total. The minimum absolute atomic E-state index is 0.0300. The molecule has 0 saturated carbocycles. The second-order valence-electron chi connectivity index (χ2n) is 11.1. The SMILES string of the molecule is COc1ncc(C2(OC(=O)N3CCN(c4ccncc4)CC3)C(=O)N(S(=O)(=O)c3cccc4cccnc34)c3ccc(Cl)cc32)c(OC)n1. The maximum absolute atomic E-state index is 15.1. The molecule has 16 heteroatoms. The van der Waals surface area contributed by atoms with Gasteiger partial charge in [-0.1, -0.05) is 29.8 Å². The Morgan fingerprint density at radius 2 is 1.65 bits per heavy atom. The summed E-state index contributed by atoms with van der Waals surface area (Å²) >= 11 is 6.49. The summed E-state index contributed by atoms with van der Waals surface area (Å²) in [6.07, 6.45) is 5.16. The standard InChI is InChI=1S/C33H28ClN7O7S/c1-46-29-25(20-37-31(38-29)47-2)33(48-32(43)40-17-15-39(16-18-40)23-10-13-35-14-11-23)24-19-22(34)8-9-26(24)41(30(33)42)49(44,45)27-7-3-5-21-6-4-12-36-28(21)27/h3-14,19-20H,15-18H2,1-2H3. The number of para-hydroxylation sites is 1. The summed E-state index contributed by atoms with van der Waals surface area (Å²) < 4.78 is 46.9. The number of rotatable bonds is 7. The van der Waals surface area contributed by atoms with E-state index in [4.69, 9.17) is 25.8 Å².